The Morgan fingerprint density at radius 1 is 1.17 bits per heavy atom. The van der Waals surface area contributed by atoms with Gasteiger partial charge in [0.05, 0.1) is 13.7 Å². The fourth-order valence-corrected chi connectivity index (χ4v) is 2.11. The molecule has 0 unspecified atom stereocenters. The van der Waals surface area contributed by atoms with Gasteiger partial charge in [-0.15, -0.1) is 0 Å². The minimum atomic E-state index is -1.10. The van der Waals surface area contributed by atoms with Crippen LogP contribution < -0.4 is 20.1 Å². The molecule has 0 aromatic heterocycles. The van der Waals surface area contributed by atoms with Crippen LogP contribution in [0.15, 0.2) is 18.2 Å². The maximum Gasteiger partial charge on any atom is 0.253 e. The van der Waals surface area contributed by atoms with E-state index in [1.165, 1.54) is 0 Å². The third-order valence-corrected chi connectivity index (χ3v) is 3.51. The number of amides is 2. The van der Waals surface area contributed by atoms with Crippen molar-refractivity contribution >= 4 is 35.0 Å². The lowest BCUT2D eigenvalue weighted by molar-refractivity contribution is -0.122. The van der Waals surface area contributed by atoms with Gasteiger partial charge in [-0.25, -0.2) is 0 Å². The zero-order valence-corrected chi connectivity index (χ0v) is 15.2. The van der Waals surface area contributed by atoms with Crippen molar-refractivity contribution in [2.24, 2.45) is 0 Å². The van der Waals surface area contributed by atoms with E-state index in [2.05, 4.69) is 10.6 Å². The van der Waals surface area contributed by atoms with Crippen LogP contribution in [0.4, 0.5) is 0 Å². The first-order chi connectivity index (χ1) is 11.5. The number of hydrogen-bond acceptors (Lipinski definition) is 4. The Balaban J connectivity index is 2.35. The molecule has 0 aliphatic heterocycles. The smallest absolute Gasteiger partial charge is 0.253 e. The van der Waals surface area contributed by atoms with E-state index in [-0.39, 0.29) is 12.5 Å². The van der Waals surface area contributed by atoms with Crippen LogP contribution in [-0.4, -0.2) is 43.5 Å². The predicted octanol–water partition coefficient (Wildman–Crippen LogP) is 2.06. The molecule has 0 fully saturated rings. The van der Waals surface area contributed by atoms with Gasteiger partial charge in [-0.05, 0) is 31.0 Å². The van der Waals surface area contributed by atoms with Crippen molar-refractivity contribution in [3.05, 3.63) is 23.8 Å². The third-order valence-electron chi connectivity index (χ3n) is 3.11. The van der Waals surface area contributed by atoms with Crippen LogP contribution in [0.3, 0.4) is 0 Å². The summed E-state index contributed by atoms with van der Waals surface area (Å²) in [5, 5.41) is 5.21. The number of hydrogen-bond donors (Lipinski definition) is 2. The monoisotopic (exact) mass is 376 g/mol. The SMILES string of the molecule is CCOc1ccc(CCC(=O)NCCNC(=O)C(Cl)Cl)cc1OC. The van der Waals surface area contributed by atoms with Crippen LogP contribution in [-0.2, 0) is 16.0 Å². The average Bonchev–Trinajstić information content (AvgIpc) is 2.57. The second kappa shape index (κ2) is 11.0. The molecule has 1 aromatic rings. The van der Waals surface area contributed by atoms with E-state index in [9.17, 15) is 9.59 Å². The topological polar surface area (TPSA) is 76.7 Å². The molecule has 2 N–H and O–H groups in total. The Kier molecular flexibility index (Phi) is 9.34. The summed E-state index contributed by atoms with van der Waals surface area (Å²) < 4.78 is 10.7. The lowest BCUT2D eigenvalue weighted by Crippen LogP contribution is -2.36. The van der Waals surface area contributed by atoms with Gasteiger partial charge in [-0.2, -0.15) is 0 Å². The molecule has 0 aliphatic carbocycles. The highest BCUT2D eigenvalue weighted by Gasteiger charge is 2.10. The van der Waals surface area contributed by atoms with Crippen LogP contribution >= 0.6 is 23.2 Å². The van der Waals surface area contributed by atoms with Gasteiger partial charge in [0.2, 0.25) is 5.91 Å². The standard InChI is InChI=1S/C16H22Cl2N2O4/c1-3-24-12-6-4-11(10-13(12)23-2)5-7-14(21)19-8-9-20-16(22)15(17)18/h4,6,10,15H,3,5,7-9H2,1-2H3,(H,19,21)(H,20,22). The fraction of sp³-hybridized carbons (Fsp3) is 0.500. The zero-order valence-electron chi connectivity index (χ0n) is 13.7. The van der Waals surface area contributed by atoms with Gasteiger partial charge in [-0.1, -0.05) is 29.3 Å². The van der Waals surface area contributed by atoms with Gasteiger partial charge >= 0.3 is 0 Å². The van der Waals surface area contributed by atoms with Crippen molar-refractivity contribution in [3.8, 4) is 11.5 Å². The Labute approximate surface area is 151 Å². The fourth-order valence-electron chi connectivity index (χ4n) is 1.95. The number of rotatable bonds is 10. The lowest BCUT2D eigenvalue weighted by atomic mass is 10.1. The number of ether oxygens (including phenoxy) is 2. The largest absolute Gasteiger partial charge is 0.493 e. The van der Waals surface area contributed by atoms with E-state index in [0.29, 0.717) is 37.5 Å². The predicted molar refractivity (Wildman–Crippen MR) is 94.0 cm³/mol. The van der Waals surface area contributed by atoms with Gasteiger partial charge in [0.15, 0.2) is 16.3 Å². The van der Waals surface area contributed by atoms with Crippen LogP contribution in [0.2, 0.25) is 0 Å². The van der Waals surface area contributed by atoms with Gasteiger partial charge in [0.25, 0.3) is 5.91 Å². The van der Waals surface area contributed by atoms with Gasteiger partial charge < -0.3 is 20.1 Å². The molecular weight excluding hydrogens is 355 g/mol. The van der Waals surface area contributed by atoms with E-state index >= 15 is 0 Å². The van der Waals surface area contributed by atoms with Crippen LogP contribution in [0, 0.1) is 0 Å². The lowest BCUT2D eigenvalue weighted by Gasteiger charge is -2.11. The van der Waals surface area contributed by atoms with Crippen molar-refractivity contribution in [3.63, 3.8) is 0 Å². The molecule has 1 aromatic carbocycles. The maximum atomic E-state index is 11.8. The highest BCUT2D eigenvalue weighted by Crippen LogP contribution is 2.28. The Hall–Kier alpha value is -1.66. The third kappa shape index (κ3) is 7.27. The van der Waals surface area contributed by atoms with E-state index in [0.717, 1.165) is 5.56 Å². The van der Waals surface area contributed by atoms with E-state index in [1.54, 1.807) is 7.11 Å². The van der Waals surface area contributed by atoms with E-state index in [1.807, 2.05) is 25.1 Å². The first-order valence-corrected chi connectivity index (χ1v) is 8.47. The number of nitrogens with one attached hydrogen (secondary N) is 2. The average molecular weight is 377 g/mol. The summed E-state index contributed by atoms with van der Waals surface area (Å²) in [5.41, 5.74) is 0.978. The minimum absolute atomic E-state index is 0.106. The van der Waals surface area contributed by atoms with Crippen molar-refractivity contribution in [2.45, 2.75) is 24.6 Å². The first-order valence-electron chi connectivity index (χ1n) is 7.60. The van der Waals surface area contributed by atoms with Crippen molar-refractivity contribution < 1.29 is 19.1 Å². The second-order valence-corrected chi connectivity index (χ2v) is 5.96. The van der Waals surface area contributed by atoms with Gasteiger partial charge in [-0.3, -0.25) is 9.59 Å². The Morgan fingerprint density at radius 2 is 1.88 bits per heavy atom. The summed E-state index contributed by atoms with van der Waals surface area (Å²) in [6.07, 6.45) is 0.908. The van der Waals surface area contributed by atoms with Crippen molar-refractivity contribution in [2.75, 3.05) is 26.8 Å². The molecule has 0 saturated heterocycles. The van der Waals surface area contributed by atoms with Crippen LogP contribution in [0.5, 0.6) is 11.5 Å². The summed E-state index contributed by atoms with van der Waals surface area (Å²) in [6.45, 7) is 3.05. The molecule has 0 bridgehead atoms. The molecule has 8 heteroatoms. The number of halogens is 2. The van der Waals surface area contributed by atoms with Crippen LogP contribution in [0.1, 0.15) is 18.9 Å². The second-order valence-electron chi connectivity index (χ2n) is 4.86. The molecule has 0 atom stereocenters. The molecule has 0 heterocycles. The molecule has 0 aliphatic rings. The van der Waals surface area contributed by atoms with Crippen molar-refractivity contribution in [1.82, 2.24) is 10.6 Å². The summed E-state index contributed by atoms with van der Waals surface area (Å²) in [4.78, 5) is 21.8. The molecule has 2 amide bonds. The first kappa shape index (κ1) is 20.4. The van der Waals surface area contributed by atoms with Crippen LogP contribution in [0.25, 0.3) is 0 Å². The van der Waals surface area contributed by atoms with E-state index < -0.39 is 10.7 Å². The number of aryl methyl sites for hydroxylation is 1. The maximum absolute atomic E-state index is 11.8. The number of carbonyl (C=O) groups is 2. The number of alkyl halides is 2. The molecule has 6 nitrogen and oxygen atoms in total. The number of benzene rings is 1. The minimum Gasteiger partial charge on any atom is -0.493 e. The highest BCUT2D eigenvalue weighted by molar-refractivity contribution is 6.53. The number of methoxy groups -OCH3 is 1. The molecule has 0 radical (unpaired) electrons. The molecule has 1 rings (SSSR count). The van der Waals surface area contributed by atoms with Gasteiger partial charge in [0.1, 0.15) is 0 Å². The summed E-state index contributed by atoms with van der Waals surface area (Å²) >= 11 is 10.8. The molecule has 0 saturated carbocycles. The summed E-state index contributed by atoms with van der Waals surface area (Å²) in [6, 6.07) is 5.60. The van der Waals surface area contributed by atoms with E-state index in [4.69, 9.17) is 32.7 Å². The Morgan fingerprint density at radius 3 is 2.50 bits per heavy atom. The van der Waals surface area contributed by atoms with Crippen molar-refractivity contribution in [1.29, 1.82) is 0 Å². The summed E-state index contributed by atoms with van der Waals surface area (Å²) in [7, 11) is 1.58. The molecular formula is C16H22Cl2N2O4. The normalized spacial score (nSPS) is 10.4. The zero-order chi connectivity index (χ0) is 17.9. The highest BCUT2D eigenvalue weighted by atomic mass is 35.5. The molecule has 134 valence electrons. The number of carbonyl (C=O) groups excluding carboxylic acids is 2. The summed E-state index contributed by atoms with van der Waals surface area (Å²) in [5.74, 6) is 0.745. The van der Waals surface area contributed by atoms with Gasteiger partial charge in [0, 0.05) is 19.5 Å². The molecule has 24 heavy (non-hydrogen) atoms. The quantitative estimate of drug-likeness (QED) is 0.484. The Bertz CT molecular complexity index is 553. The molecule has 0 spiro atoms.